The molecule has 0 amide bonds. The van der Waals surface area contributed by atoms with Gasteiger partial charge in [-0.25, -0.2) is 0 Å². The van der Waals surface area contributed by atoms with Crippen LogP contribution in [0.4, 0.5) is 13.2 Å². The zero-order valence-corrected chi connectivity index (χ0v) is 10.6. The van der Waals surface area contributed by atoms with Crippen LogP contribution in [0, 0.1) is 0 Å². The van der Waals surface area contributed by atoms with Gasteiger partial charge < -0.3 is 5.32 Å². The first kappa shape index (κ1) is 15.7. The standard InChI is InChI=1S/C11H23F3N2/c1-5-6-16(8-11(12,13)14)10(4)7-15-9(2)3/h9-10,15H,5-8H2,1-4H3. The molecular weight excluding hydrogens is 217 g/mol. The van der Waals surface area contributed by atoms with Gasteiger partial charge in [-0.3, -0.25) is 4.90 Å². The monoisotopic (exact) mass is 240 g/mol. The van der Waals surface area contributed by atoms with E-state index in [0.29, 0.717) is 19.1 Å². The fourth-order valence-electron chi connectivity index (χ4n) is 1.51. The van der Waals surface area contributed by atoms with Gasteiger partial charge in [-0.05, 0) is 19.9 Å². The van der Waals surface area contributed by atoms with Crippen molar-refractivity contribution >= 4 is 0 Å². The van der Waals surface area contributed by atoms with Crippen LogP contribution in [0.5, 0.6) is 0 Å². The fourth-order valence-corrected chi connectivity index (χ4v) is 1.51. The zero-order chi connectivity index (χ0) is 12.8. The quantitative estimate of drug-likeness (QED) is 0.736. The second kappa shape index (κ2) is 7.12. The highest BCUT2D eigenvalue weighted by Crippen LogP contribution is 2.18. The summed E-state index contributed by atoms with van der Waals surface area (Å²) in [5.74, 6) is 0. The summed E-state index contributed by atoms with van der Waals surface area (Å²) >= 11 is 0. The molecule has 0 aliphatic rings. The van der Waals surface area contributed by atoms with Gasteiger partial charge in [0.25, 0.3) is 0 Å². The Morgan fingerprint density at radius 1 is 1.19 bits per heavy atom. The Balaban J connectivity index is 4.17. The molecule has 0 saturated carbocycles. The molecule has 0 aliphatic heterocycles. The predicted octanol–water partition coefficient (Wildman–Crippen LogP) is 2.65. The molecule has 1 N–H and O–H groups in total. The molecule has 1 unspecified atom stereocenters. The molecule has 0 bridgehead atoms. The first-order chi connectivity index (χ1) is 7.26. The average molecular weight is 240 g/mol. The highest BCUT2D eigenvalue weighted by molar-refractivity contribution is 4.73. The van der Waals surface area contributed by atoms with Crippen molar-refractivity contribution in [3.8, 4) is 0 Å². The van der Waals surface area contributed by atoms with Gasteiger partial charge in [-0.1, -0.05) is 20.8 Å². The third-order valence-corrected chi connectivity index (χ3v) is 2.34. The molecule has 0 fully saturated rings. The van der Waals surface area contributed by atoms with Crippen molar-refractivity contribution in [2.45, 2.75) is 52.4 Å². The fraction of sp³-hybridized carbons (Fsp3) is 1.00. The van der Waals surface area contributed by atoms with E-state index in [1.165, 1.54) is 4.90 Å². The molecule has 0 saturated heterocycles. The van der Waals surface area contributed by atoms with Gasteiger partial charge in [0, 0.05) is 18.6 Å². The Kier molecular flexibility index (Phi) is 6.99. The first-order valence-electron chi connectivity index (χ1n) is 5.80. The number of nitrogens with zero attached hydrogens (tertiary/aromatic N) is 1. The highest BCUT2D eigenvalue weighted by atomic mass is 19.4. The minimum atomic E-state index is -4.11. The van der Waals surface area contributed by atoms with Crippen molar-refractivity contribution in [1.29, 1.82) is 0 Å². The molecule has 0 spiro atoms. The molecule has 0 aromatic carbocycles. The molecule has 0 rings (SSSR count). The predicted molar refractivity (Wildman–Crippen MR) is 60.5 cm³/mol. The van der Waals surface area contributed by atoms with Gasteiger partial charge in [-0.2, -0.15) is 13.2 Å². The van der Waals surface area contributed by atoms with Crippen molar-refractivity contribution in [3.05, 3.63) is 0 Å². The van der Waals surface area contributed by atoms with Crippen LogP contribution in [0.2, 0.25) is 0 Å². The van der Waals surface area contributed by atoms with Crippen LogP contribution in [-0.2, 0) is 0 Å². The lowest BCUT2D eigenvalue weighted by Crippen LogP contribution is -2.46. The Bertz CT molecular complexity index is 181. The topological polar surface area (TPSA) is 15.3 Å². The summed E-state index contributed by atoms with van der Waals surface area (Å²) in [5.41, 5.74) is 0. The van der Waals surface area contributed by atoms with E-state index in [0.717, 1.165) is 6.42 Å². The molecular formula is C11H23F3N2. The van der Waals surface area contributed by atoms with Crippen molar-refractivity contribution in [2.24, 2.45) is 0 Å². The summed E-state index contributed by atoms with van der Waals surface area (Å²) in [6, 6.07) is 0.209. The van der Waals surface area contributed by atoms with Gasteiger partial charge in [-0.15, -0.1) is 0 Å². The smallest absolute Gasteiger partial charge is 0.313 e. The maximum absolute atomic E-state index is 12.3. The lowest BCUT2D eigenvalue weighted by molar-refractivity contribution is -0.150. The molecule has 0 radical (unpaired) electrons. The average Bonchev–Trinajstić information content (AvgIpc) is 2.11. The van der Waals surface area contributed by atoms with Crippen LogP contribution < -0.4 is 5.32 Å². The van der Waals surface area contributed by atoms with Crippen LogP contribution >= 0.6 is 0 Å². The Morgan fingerprint density at radius 3 is 2.12 bits per heavy atom. The van der Waals surface area contributed by atoms with Crippen LogP contribution in [-0.4, -0.2) is 42.8 Å². The van der Waals surface area contributed by atoms with E-state index in [1.807, 2.05) is 27.7 Å². The van der Waals surface area contributed by atoms with Crippen LogP contribution in [0.3, 0.4) is 0 Å². The Labute approximate surface area is 96.2 Å². The van der Waals surface area contributed by atoms with Crippen molar-refractivity contribution in [1.82, 2.24) is 10.2 Å². The molecule has 1 atom stereocenters. The molecule has 0 aliphatic carbocycles. The molecule has 2 nitrogen and oxygen atoms in total. The number of halogens is 3. The number of rotatable bonds is 7. The second-order valence-electron chi connectivity index (χ2n) is 4.50. The van der Waals surface area contributed by atoms with E-state index < -0.39 is 12.7 Å². The minimum absolute atomic E-state index is 0.0935. The highest BCUT2D eigenvalue weighted by Gasteiger charge is 2.32. The van der Waals surface area contributed by atoms with E-state index in [9.17, 15) is 13.2 Å². The van der Waals surface area contributed by atoms with E-state index in [2.05, 4.69) is 5.32 Å². The van der Waals surface area contributed by atoms with E-state index in [1.54, 1.807) is 0 Å². The van der Waals surface area contributed by atoms with E-state index in [4.69, 9.17) is 0 Å². The third-order valence-electron chi connectivity index (χ3n) is 2.34. The summed E-state index contributed by atoms with van der Waals surface area (Å²) in [6.07, 6.45) is -3.37. The van der Waals surface area contributed by atoms with Crippen LogP contribution in [0.15, 0.2) is 0 Å². The third kappa shape index (κ3) is 7.93. The number of hydrogen-bond donors (Lipinski definition) is 1. The van der Waals surface area contributed by atoms with Gasteiger partial charge >= 0.3 is 6.18 Å². The maximum Gasteiger partial charge on any atom is 0.401 e. The minimum Gasteiger partial charge on any atom is -0.313 e. The van der Waals surface area contributed by atoms with Crippen LogP contribution in [0.1, 0.15) is 34.1 Å². The maximum atomic E-state index is 12.3. The number of alkyl halides is 3. The van der Waals surface area contributed by atoms with Crippen molar-refractivity contribution < 1.29 is 13.2 Å². The van der Waals surface area contributed by atoms with E-state index in [-0.39, 0.29) is 6.04 Å². The second-order valence-corrected chi connectivity index (χ2v) is 4.50. The van der Waals surface area contributed by atoms with Crippen molar-refractivity contribution in [2.75, 3.05) is 19.6 Å². The molecule has 16 heavy (non-hydrogen) atoms. The molecule has 5 heteroatoms. The van der Waals surface area contributed by atoms with Gasteiger partial charge in [0.05, 0.1) is 6.54 Å². The Hall–Kier alpha value is -0.290. The summed E-state index contributed by atoms with van der Waals surface area (Å²) in [4.78, 5) is 1.48. The molecule has 0 aromatic rings. The largest absolute Gasteiger partial charge is 0.401 e. The Morgan fingerprint density at radius 2 is 1.75 bits per heavy atom. The summed E-state index contributed by atoms with van der Waals surface area (Å²) in [5, 5.41) is 3.16. The lowest BCUT2D eigenvalue weighted by atomic mass is 10.2. The first-order valence-corrected chi connectivity index (χ1v) is 5.80. The SMILES string of the molecule is CCCN(CC(F)(F)F)C(C)CNC(C)C. The van der Waals surface area contributed by atoms with Crippen molar-refractivity contribution in [3.63, 3.8) is 0 Å². The molecule has 98 valence electrons. The summed E-state index contributed by atoms with van der Waals surface area (Å²) in [7, 11) is 0. The van der Waals surface area contributed by atoms with Crippen LogP contribution in [0.25, 0.3) is 0 Å². The lowest BCUT2D eigenvalue weighted by Gasteiger charge is -2.30. The summed E-state index contributed by atoms with van der Waals surface area (Å²) in [6.45, 7) is 7.96. The summed E-state index contributed by atoms with van der Waals surface area (Å²) < 4.78 is 37.0. The van der Waals surface area contributed by atoms with Gasteiger partial charge in [0.15, 0.2) is 0 Å². The normalized spacial score (nSPS) is 14.8. The molecule has 0 aromatic heterocycles. The number of nitrogens with one attached hydrogen (secondary N) is 1. The number of hydrogen-bond acceptors (Lipinski definition) is 2. The van der Waals surface area contributed by atoms with E-state index >= 15 is 0 Å². The zero-order valence-electron chi connectivity index (χ0n) is 10.6. The van der Waals surface area contributed by atoms with Gasteiger partial charge in [0.2, 0.25) is 0 Å². The molecule has 0 heterocycles. The van der Waals surface area contributed by atoms with Gasteiger partial charge in [0.1, 0.15) is 0 Å².